The smallest absolute Gasteiger partial charge is 0.134 e. The Kier molecular flexibility index (Phi) is 4.31. The minimum atomic E-state index is -0.0201. The first kappa shape index (κ1) is 13.5. The highest BCUT2D eigenvalue weighted by molar-refractivity contribution is 9.10. The fourth-order valence-corrected chi connectivity index (χ4v) is 2.91. The summed E-state index contributed by atoms with van der Waals surface area (Å²) in [5, 5.41) is 9.38. The van der Waals surface area contributed by atoms with Crippen LogP contribution in [0, 0.1) is 6.92 Å². The van der Waals surface area contributed by atoms with E-state index in [1.165, 1.54) is 4.88 Å². The van der Waals surface area contributed by atoms with Crippen LogP contribution < -0.4 is 4.90 Å². The summed E-state index contributed by atoms with van der Waals surface area (Å²) in [6.45, 7) is 2.73. The number of halogens is 1. The lowest BCUT2D eigenvalue weighted by Crippen LogP contribution is -2.19. The molecule has 96 valence electrons. The summed E-state index contributed by atoms with van der Waals surface area (Å²) in [5.41, 5.74) is 3.71. The fraction of sp³-hybridized carbons (Fsp3) is 0.333. The summed E-state index contributed by atoms with van der Waals surface area (Å²) < 4.78 is 0.873. The molecule has 2 aromatic heterocycles. The first-order chi connectivity index (χ1) is 8.61. The molecule has 0 spiro atoms. The van der Waals surface area contributed by atoms with Crippen molar-refractivity contribution in [1.82, 2.24) is 9.97 Å². The van der Waals surface area contributed by atoms with Crippen LogP contribution in [0.15, 0.2) is 22.2 Å². The van der Waals surface area contributed by atoms with Gasteiger partial charge in [0.25, 0.3) is 0 Å². The van der Waals surface area contributed by atoms with Crippen molar-refractivity contribution in [2.45, 2.75) is 20.1 Å². The number of anilines is 1. The molecule has 0 radical (unpaired) electrons. The van der Waals surface area contributed by atoms with Crippen LogP contribution in [0.4, 0.5) is 5.82 Å². The average molecular weight is 328 g/mol. The number of thiazole rings is 1. The number of pyridine rings is 1. The Hall–Kier alpha value is -0.980. The molecular weight excluding hydrogens is 314 g/mol. The number of nitrogens with zero attached hydrogens (tertiary/aromatic N) is 3. The van der Waals surface area contributed by atoms with Gasteiger partial charge in [0.1, 0.15) is 5.82 Å². The zero-order valence-corrected chi connectivity index (χ0v) is 12.6. The molecule has 0 fully saturated rings. The van der Waals surface area contributed by atoms with Gasteiger partial charge in [-0.05, 0) is 28.9 Å². The maximum Gasteiger partial charge on any atom is 0.134 e. The lowest BCUT2D eigenvalue weighted by atomic mass is 10.2. The van der Waals surface area contributed by atoms with Gasteiger partial charge in [-0.3, -0.25) is 0 Å². The maximum absolute atomic E-state index is 9.38. The monoisotopic (exact) mass is 327 g/mol. The summed E-state index contributed by atoms with van der Waals surface area (Å²) in [7, 11) is 1.97. The van der Waals surface area contributed by atoms with Gasteiger partial charge >= 0.3 is 0 Å². The van der Waals surface area contributed by atoms with Crippen LogP contribution in [-0.2, 0) is 13.2 Å². The highest BCUT2D eigenvalue weighted by Gasteiger charge is 2.12. The molecule has 2 heterocycles. The molecule has 0 saturated heterocycles. The average Bonchev–Trinajstić information content (AvgIpc) is 2.74. The number of aromatic nitrogens is 2. The van der Waals surface area contributed by atoms with Gasteiger partial charge in [-0.1, -0.05) is 0 Å². The molecule has 0 atom stereocenters. The molecule has 6 heteroatoms. The number of aliphatic hydroxyl groups is 1. The molecule has 0 bridgehead atoms. The van der Waals surface area contributed by atoms with Crippen molar-refractivity contribution in [3.8, 4) is 0 Å². The van der Waals surface area contributed by atoms with Crippen LogP contribution in [-0.4, -0.2) is 22.1 Å². The second-order valence-corrected chi connectivity index (χ2v) is 5.87. The van der Waals surface area contributed by atoms with Crippen LogP contribution in [0.1, 0.15) is 16.1 Å². The second-order valence-electron chi connectivity index (χ2n) is 4.01. The summed E-state index contributed by atoms with van der Waals surface area (Å²) >= 11 is 5.00. The molecule has 4 nitrogen and oxygen atoms in total. The zero-order chi connectivity index (χ0) is 13.1. The Labute approximate surface area is 118 Å². The first-order valence-corrected chi connectivity index (χ1v) is 7.14. The van der Waals surface area contributed by atoms with Gasteiger partial charge in [0, 0.05) is 28.2 Å². The van der Waals surface area contributed by atoms with E-state index in [9.17, 15) is 5.11 Å². The van der Waals surface area contributed by atoms with Crippen LogP contribution in [0.2, 0.25) is 0 Å². The van der Waals surface area contributed by atoms with Crippen molar-refractivity contribution in [3.05, 3.63) is 38.4 Å². The highest BCUT2D eigenvalue weighted by Crippen LogP contribution is 2.23. The zero-order valence-electron chi connectivity index (χ0n) is 10.2. The quantitative estimate of drug-likeness (QED) is 0.938. The molecule has 0 unspecified atom stereocenters. The largest absolute Gasteiger partial charge is 0.392 e. The first-order valence-electron chi connectivity index (χ1n) is 5.47. The third-order valence-corrected chi connectivity index (χ3v) is 4.02. The molecule has 0 aliphatic carbocycles. The van der Waals surface area contributed by atoms with E-state index < -0.39 is 0 Å². The van der Waals surface area contributed by atoms with Crippen LogP contribution in [0.25, 0.3) is 0 Å². The Morgan fingerprint density at radius 2 is 2.22 bits per heavy atom. The topological polar surface area (TPSA) is 49.2 Å². The van der Waals surface area contributed by atoms with Gasteiger partial charge in [0.15, 0.2) is 0 Å². The Balaban J connectivity index is 2.23. The van der Waals surface area contributed by atoms with Gasteiger partial charge in [-0.2, -0.15) is 0 Å². The van der Waals surface area contributed by atoms with E-state index in [1.807, 2.05) is 30.4 Å². The van der Waals surface area contributed by atoms with E-state index in [-0.39, 0.29) is 6.61 Å². The lowest BCUT2D eigenvalue weighted by molar-refractivity contribution is 0.281. The van der Waals surface area contributed by atoms with Crippen molar-refractivity contribution < 1.29 is 5.11 Å². The van der Waals surface area contributed by atoms with Gasteiger partial charge in [-0.15, -0.1) is 11.3 Å². The van der Waals surface area contributed by atoms with Crippen LogP contribution in [0.5, 0.6) is 0 Å². The minimum Gasteiger partial charge on any atom is -0.392 e. The van der Waals surface area contributed by atoms with Crippen LogP contribution in [0.3, 0.4) is 0 Å². The second kappa shape index (κ2) is 5.77. The normalized spacial score (nSPS) is 10.7. The minimum absolute atomic E-state index is 0.0201. The molecule has 0 aromatic carbocycles. The number of aliphatic hydroxyl groups excluding tert-OH is 1. The van der Waals surface area contributed by atoms with E-state index in [4.69, 9.17) is 0 Å². The van der Waals surface area contributed by atoms with Gasteiger partial charge in [0.2, 0.25) is 0 Å². The summed E-state index contributed by atoms with van der Waals surface area (Å²) in [5.74, 6) is 0.800. The Morgan fingerprint density at radius 3 is 2.83 bits per heavy atom. The Morgan fingerprint density at radius 1 is 1.44 bits per heavy atom. The SMILES string of the molecule is Cc1ncsc1CN(C)c1ncc(Br)cc1CO. The lowest BCUT2D eigenvalue weighted by Gasteiger charge is -2.20. The summed E-state index contributed by atoms with van der Waals surface area (Å²) in [6.07, 6.45) is 1.74. The standard InChI is InChI=1S/C12H14BrN3OS/c1-8-11(18-7-15-8)5-16(2)12-9(6-17)3-10(13)4-14-12/h3-4,7,17H,5-6H2,1-2H3. The molecule has 0 saturated carbocycles. The molecule has 18 heavy (non-hydrogen) atoms. The van der Waals surface area contributed by atoms with E-state index in [2.05, 4.69) is 25.9 Å². The molecule has 2 rings (SSSR count). The number of hydrogen-bond acceptors (Lipinski definition) is 5. The maximum atomic E-state index is 9.38. The van der Waals surface area contributed by atoms with Crippen molar-refractivity contribution in [2.75, 3.05) is 11.9 Å². The predicted octanol–water partition coefficient (Wildman–Crippen LogP) is 2.74. The number of rotatable bonds is 4. The van der Waals surface area contributed by atoms with E-state index >= 15 is 0 Å². The molecule has 0 aliphatic rings. The molecule has 2 aromatic rings. The van der Waals surface area contributed by atoms with Crippen molar-refractivity contribution >= 4 is 33.1 Å². The van der Waals surface area contributed by atoms with Crippen molar-refractivity contribution in [2.24, 2.45) is 0 Å². The summed E-state index contributed by atoms with van der Waals surface area (Å²) in [4.78, 5) is 11.8. The third-order valence-electron chi connectivity index (χ3n) is 2.67. The number of aryl methyl sites for hydroxylation is 1. The molecular formula is C12H14BrN3OS. The molecule has 1 N–H and O–H groups in total. The van der Waals surface area contributed by atoms with Gasteiger partial charge in [0.05, 0.1) is 24.4 Å². The fourth-order valence-electron chi connectivity index (χ4n) is 1.70. The summed E-state index contributed by atoms with van der Waals surface area (Å²) in [6, 6.07) is 1.89. The van der Waals surface area contributed by atoms with Gasteiger partial charge in [-0.25, -0.2) is 9.97 Å². The Bertz CT molecular complexity index is 544. The van der Waals surface area contributed by atoms with E-state index in [1.54, 1.807) is 17.5 Å². The van der Waals surface area contributed by atoms with Crippen LogP contribution >= 0.6 is 27.3 Å². The van der Waals surface area contributed by atoms with E-state index in [0.717, 1.165) is 28.1 Å². The molecule has 0 amide bonds. The van der Waals surface area contributed by atoms with E-state index in [0.29, 0.717) is 0 Å². The molecule has 0 aliphatic heterocycles. The third kappa shape index (κ3) is 2.88. The van der Waals surface area contributed by atoms with Gasteiger partial charge < -0.3 is 10.0 Å². The highest BCUT2D eigenvalue weighted by atomic mass is 79.9. The number of hydrogen-bond donors (Lipinski definition) is 1. The van der Waals surface area contributed by atoms with Crippen molar-refractivity contribution in [1.29, 1.82) is 0 Å². The predicted molar refractivity (Wildman–Crippen MR) is 76.8 cm³/mol. The van der Waals surface area contributed by atoms with Crippen molar-refractivity contribution in [3.63, 3.8) is 0 Å².